The van der Waals surface area contributed by atoms with Crippen LogP contribution in [-0.4, -0.2) is 24.8 Å². The number of fused-ring (bicyclic) bond motifs is 1. The Labute approximate surface area is 175 Å². The number of carbonyl (C=O) groups is 1. The number of carbonyl (C=O) groups excluding carboxylic acids is 1. The molecule has 0 aliphatic rings. The Morgan fingerprint density at radius 3 is 2.57 bits per heavy atom. The third-order valence-electron chi connectivity index (χ3n) is 4.74. The van der Waals surface area contributed by atoms with Gasteiger partial charge in [-0.2, -0.15) is 5.10 Å². The number of nitrogens with zero attached hydrogens (tertiary/aromatic N) is 4. The number of anilines is 1. The van der Waals surface area contributed by atoms with E-state index in [2.05, 4.69) is 10.4 Å². The van der Waals surface area contributed by atoms with Crippen molar-refractivity contribution in [2.45, 2.75) is 13.5 Å². The van der Waals surface area contributed by atoms with Gasteiger partial charge in [-0.05, 0) is 37.3 Å². The summed E-state index contributed by atoms with van der Waals surface area (Å²) in [6.45, 7) is 1.62. The molecular weight excluding hydrogens is 406 g/mol. The lowest BCUT2D eigenvalue weighted by Crippen LogP contribution is -2.41. The van der Waals surface area contributed by atoms with Gasteiger partial charge >= 0.3 is 5.69 Å². The smallest absolute Gasteiger partial charge is 0.324 e. The summed E-state index contributed by atoms with van der Waals surface area (Å²) in [5.41, 5.74) is 1.32. The Kier molecular flexibility index (Phi) is 5.01. The number of aromatic nitrogens is 4. The Morgan fingerprint density at radius 1 is 1.13 bits per heavy atom. The predicted octanol–water partition coefficient (Wildman–Crippen LogP) is 2.49. The van der Waals surface area contributed by atoms with Gasteiger partial charge in [-0.25, -0.2) is 9.36 Å². The Bertz CT molecular complexity index is 1380. The van der Waals surface area contributed by atoms with Crippen molar-refractivity contribution < 1.29 is 4.79 Å². The van der Waals surface area contributed by atoms with Crippen molar-refractivity contribution >= 4 is 34.2 Å². The van der Waals surface area contributed by atoms with E-state index in [1.165, 1.54) is 15.4 Å². The Hall–Kier alpha value is -3.65. The number of rotatable bonds is 4. The summed E-state index contributed by atoms with van der Waals surface area (Å²) in [6, 6.07) is 13.7. The largest absolute Gasteiger partial charge is 0.336 e. The lowest BCUT2D eigenvalue weighted by atomic mass is 10.2. The molecule has 0 aliphatic carbocycles. The van der Waals surface area contributed by atoms with E-state index in [9.17, 15) is 14.4 Å². The standard InChI is InChI=1S/C21H18ClN5O3/c1-13-6-8-16(9-7-13)27-20(29)19-17(11-23-25(19)2)26(21(27)30)12-18(28)24-15-5-3-4-14(22)10-15/h3-11H,12H2,1-2H3,(H,24,28). The van der Waals surface area contributed by atoms with Crippen molar-refractivity contribution in [3.8, 4) is 5.69 Å². The molecule has 9 heteroatoms. The third-order valence-corrected chi connectivity index (χ3v) is 4.98. The minimum absolute atomic E-state index is 0.228. The van der Waals surface area contributed by atoms with Gasteiger partial charge in [0, 0.05) is 17.8 Å². The Balaban J connectivity index is 1.83. The van der Waals surface area contributed by atoms with E-state index in [-0.39, 0.29) is 17.6 Å². The molecule has 0 saturated carbocycles. The lowest BCUT2D eigenvalue weighted by molar-refractivity contribution is -0.116. The van der Waals surface area contributed by atoms with E-state index in [1.807, 2.05) is 19.1 Å². The first-order valence-electron chi connectivity index (χ1n) is 9.15. The van der Waals surface area contributed by atoms with Crippen molar-refractivity contribution in [1.29, 1.82) is 0 Å². The number of hydrogen-bond donors (Lipinski definition) is 1. The third kappa shape index (κ3) is 3.53. The molecule has 0 aliphatic heterocycles. The predicted molar refractivity (Wildman–Crippen MR) is 115 cm³/mol. The minimum atomic E-state index is -0.620. The zero-order valence-electron chi connectivity index (χ0n) is 16.3. The van der Waals surface area contributed by atoms with Crippen LogP contribution in [0.1, 0.15) is 5.56 Å². The molecule has 30 heavy (non-hydrogen) atoms. The lowest BCUT2D eigenvalue weighted by Gasteiger charge is -2.13. The number of hydrogen-bond acceptors (Lipinski definition) is 4. The molecule has 1 N–H and O–H groups in total. The van der Waals surface area contributed by atoms with E-state index in [1.54, 1.807) is 43.4 Å². The topological polar surface area (TPSA) is 90.9 Å². The second kappa shape index (κ2) is 7.64. The van der Waals surface area contributed by atoms with Crippen LogP contribution in [0.2, 0.25) is 5.02 Å². The van der Waals surface area contributed by atoms with Gasteiger partial charge in [0.2, 0.25) is 5.91 Å². The van der Waals surface area contributed by atoms with E-state index >= 15 is 0 Å². The van der Waals surface area contributed by atoms with Crippen molar-refractivity contribution in [3.63, 3.8) is 0 Å². The second-order valence-corrected chi connectivity index (χ2v) is 7.34. The minimum Gasteiger partial charge on any atom is -0.324 e. The normalized spacial score (nSPS) is 11.0. The van der Waals surface area contributed by atoms with E-state index in [0.29, 0.717) is 16.4 Å². The highest BCUT2D eigenvalue weighted by atomic mass is 35.5. The number of halogens is 1. The summed E-state index contributed by atoms with van der Waals surface area (Å²) in [6.07, 6.45) is 1.41. The maximum atomic E-state index is 13.2. The monoisotopic (exact) mass is 423 g/mol. The van der Waals surface area contributed by atoms with Gasteiger partial charge in [-0.15, -0.1) is 0 Å². The SMILES string of the molecule is Cc1ccc(-n2c(=O)c3c(cnn3C)n(CC(=O)Nc3cccc(Cl)c3)c2=O)cc1. The van der Waals surface area contributed by atoms with Crippen molar-refractivity contribution in [2.75, 3.05) is 5.32 Å². The van der Waals surface area contributed by atoms with Gasteiger partial charge in [0.25, 0.3) is 5.56 Å². The maximum absolute atomic E-state index is 13.2. The first kappa shape index (κ1) is 19.7. The molecule has 152 valence electrons. The highest BCUT2D eigenvalue weighted by Gasteiger charge is 2.19. The zero-order chi connectivity index (χ0) is 21.4. The van der Waals surface area contributed by atoms with Crippen LogP contribution in [0.3, 0.4) is 0 Å². The molecule has 0 atom stereocenters. The highest BCUT2D eigenvalue weighted by Crippen LogP contribution is 2.15. The molecule has 0 saturated heterocycles. The molecule has 0 bridgehead atoms. The van der Waals surface area contributed by atoms with Crippen LogP contribution >= 0.6 is 11.6 Å². The number of nitrogens with one attached hydrogen (secondary N) is 1. The molecule has 2 aromatic heterocycles. The molecule has 0 spiro atoms. The second-order valence-electron chi connectivity index (χ2n) is 6.91. The van der Waals surface area contributed by atoms with Gasteiger partial charge in [0.1, 0.15) is 6.54 Å². The number of amides is 1. The van der Waals surface area contributed by atoms with Crippen molar-refractivity contribution in [3.05, 3.63) is 86.2 Å². The summed E-state index contributed by atoms with van der Waals surface area (Å²) in [7, 11) is 1.62. The highest BCUT2D eigenvalue weighted by molar-refractivity contribution is 6.30. The van der Waals surface area contributed by atoms with Crippen LogP contribution in [0.4, 0.5) is 5.69 Å². The molecule has 1 amide bonds. The fourth-order valence-electron chi connectivity index (χ4n) is 3.27. The summed E-state index contributed by atoms with van der Waals surface area (Å²) in [5.74, 6) is -0.432. The molecule has 4 rings (SSSR count). The molecule has 0 fully saturated rings. The molecule has 0 radical (unpaired) electrons. The van der Waals surface area contributed by atoms with E-state index < -0.39 is 17.2 Å². The summed E-state index contributed by atoms with van der Waals surface area (Å²) >= 11 is 5.96. The molecule has 8 nitrogen and oxygen atoms in total. The summed E-state index contributed by atoms with van der Waals surface area (Å²) < 4.78 is 3.69. The Morgan fingerprint density at radius 2 is 1.87 bits per heavy atom. The first-order valence-corrected chi connectivity index (χ1v) is 9.53. The first-order chi connectivity index (χ1) is 14.3. The van der Waals surface area contributed by atoms with Gasteiger partial charge < -0.3 is 5.32 Å². The van der Waals surface area contributed by atoms with Gasteiger partial charge in [0.05, 0.1) is 17.4 Å². The average molecular weight is 424 g/mol. The van der Waals surface area contributed by atoms with Crippen LogP contribution in [0.15, 0.2) is 64.3 Å². The molecule has 2 aromatic carbocycles. The average Bonchev–Trinajstić information content (AvgIpc) is 3.08. The number of aryl methyl sites for hydroxylation is 2. The number of benzene rings is 2. The van der Waals surface area contributed by atoms with Crippen LogP contribution in [0.5, 0.6) is 0 Å². The zero-order valence-corrected chi connectivity index (χ0v) is 17.1. The van der Waals surface area contributed by atoms with Gasteiger partial charge in [-0.3, -0.25) is 18.8 Å². The summed E-state index contributed by atoms with van der Waals surface area (Å²) in [4.78, 5) is 38.9. The fourth-order valence-corrected chi connectivity index (χ4v) is 3.46. The van der Waals surface area contributed by atoms with Crippen LogP contribution < -0.4 is 16.6 Å². The van der Waals surface area contributed by atoms with Crippen molar-refractivity contribution in [1.82, 2.24) is 18.9 Å². The van der Waals surface area contributed by atoms with E-state index in [4.69, 9.17) is 11.6 Å². The summed E-state index contributed by atoms with van der Waals surface area (Å²) in [5, 5.41) is 7.30. The molecular formula is C21H18ClN5O3. The van der Waals surface area contributed by atoms with Crippen LogP contribution in [0, 0.1) is 6.92 Å². The van der Waals surface area contributed by atoms with E-state index in [0.717, 1.165) is 10.1 Å². The van der Waals surface area contributed by atoms with Crippen LogP contribution in [-0.2, 0) is 18.4 Å². The molecule has 0 unspecified atom stereocenters. The maximum Gasteiger partial charge on any atom is 0.336 e. The quantitative estimate of drug-likeness (QED) is 0.546. The van der Waals surface area contributed by atoms with Gasteiger partial charge in [-0.1, -0.05) is 35.4 Å². The fraction of sp³-hybridized carbons (Fsp3) is 0.143. The molecule has 4 aromatic rings. The van der Waals surface area contributed by atoms with Crippen LogP contribution in [0.25, 0.3) is 16.7 Å². The molecule has 2 heterocycles. The van der Waals surface area contributed by atoms with Crippen molar-refractivity contribution in [2.24, 2.45) is 7.05 Å². The van der Waals surface area contributed by atoms with Gasteiger partial charge in [0.15, 0.2) is 5.52 Å².